The number of aliphatic carboxylic acids is 1. The zero-order valence-electron chi connectivity index (χ0n) is 11.0. The first kappa shape index (κ1) is 15.0. The monoisotopic (exact) mass is 314 g/mol. The molecular formula is C13H15ClN2O3S. The predicted octanol–water partition coefficient (Wildman–Crippen LogP) is 2.35. The number of nitrogens with zero attached hydrogens (tertiary/aromatic N) is 2. The first-order valence-electron chi connectivity index (χ1n) is 6.06. The number of hydrogen-bond acceptors (Lipinski definition) is 3. The number of thioether (sulfide) groups is 1. The fourth-order valence-corrected chi connectivity index (χ4v) is 3.34. The van der Waals surface area contributed by atoms with Crippen LogP contribution in [0.15, 0.2) is 24.3 Å². The molecule has 1 aliphatic rings. The van der Waals surface area contributed by atoms with Crippen LogP contribution in [0.1, 0.15) is 5.56 Å². The fraction of sp³-hybridized carbons (Fsp3) is 0.385. The Labute approximate surface area is 126 Å². The molecule has 1 atom stereocenters. The highest BCUT2D eigenvalue weighted by atomic mass is 35.5. The average Bonchev–Trinajstić information content (AvgIpc) is 2.89. The van der Waals surface area contributed by atoms with E-state index in [4.69, 9.17) is 16.7 Å². The summed E-state index contributed by atoms with van der Waals surface area (Å²) >= 11 is 7.51. The van der Waals surface area contributed by atoms with Crippen LogP contribution in [0.3, 0.4) is 0 Å². The van der Waals surface area contributed by atoms with Crippen molar-refractivity contribution < 1.29 is 14.7 Å². The molecule has 20 heavy (non-hydrogen) atoms. The number of hydrogen-bond donors (Lipinski definition) is 1. The van der Waals surface area contributed by atoms with Crippen LogP contribution < -0.4 is 0 Å². The van der Waals surface area contributed by atoms with Gasteiger partial charge in [-0.1, -0.05) is 29.8 Å². The summed E-state index contributed by atoms with van der Waals surface area (Å²) in [7, 11) is 1.65. The summed E-state index contributed by atoms with van der Waals surface area (Å²) < 4.78 is 0. The molecule has 1 N–H and O–H groups in total. The third-order valence-corrected chi connectivity index (χ3v) is 4.49. The van der Waals surface area contributed by atoms with Crippen molar-refractivity contribution in [3.63, 3.8) is 0 Å². The van der Waals surface area contributed by atoms with Gasteiger partial charge in [-0.2, -0.15) is 0 Å². The van der Waals surface area contributed by atoms with Crippen molar-refractivity contribution in [2.45, 2.75) is 12.6 Å². The third-order valence-electron chi connectivity index (χ3n) is 3.10. The molecule has 0 unspecified atom stereocenters. The van der Waals surface area contributed by atoms with Crippen LogP contribution in [0, 0.1) is 0 Å². The molecule has 5 nitrogen and oxygen atoms in total. The third kappa shape index (κ3) is 3.19. The average molecular weight is 315 g/mol. The van der Waals surface area contributed by atoms with E-state index in [-0.39, 0.29) is 6.03 Å². The van der Waals surface area contributed by atoms with Crippen LogP contribution >= 0.6 is 23.4 Å². The van der Waals surface area contributed by atoms with E-state index in [2.05, 4.69) is 0 Å². The number of carboxylic acids is 1. The number of carbonyl (C=O) groups excluding carboxylic acids is 1. The molecular weight excluding hydrogens is 300 g/mol. The molecule has 108 valence electrons. The van der Waals surface area contributed by atoms with Gasteiger partial charge in [0.1, 0.15) is 6.04 Å². The summed E-state index contributed by atoms with van der Waals surface area (Å²) in [6.07, 6.45) is 0. The SMILES string of the molecule is CN(Cc1ccccc1Cl)C(=O)N1CSC[C@H]1C(=O)O. The molecule has 1 saturated heterocycles. The van der Waals surface area contributed by atoms with Crippen molar-refractivity contribution >= 4 is 35.4 Å². The van der Waals surface area contributed by atoms with Crippen LogP contribution in [-0.4, -0.2) is 51.6 Å². The number of urea groups is 1. The van der Waals surface area contributed by atoms with Crippen molar-refractivity contribution in [2.24, 2.45) is 0 Å². The Hall–Kier alpha value is -1.40. The Morgan fingerprint density at radius 1 is 1.50 bits per heavy atom. The molecule has 0 aromatic heterocycles. The Morgan fingerprint density at radius 3 is 2.85 bits per heavy atom. The number of rotatable bonds is 3. The van der Waals surface area contributed by atoms with Crippen LogP contribution in [0.4, 0.5) is 4.79 Å². The van der Waals surface area contributed by atoms with Gasteiger partial charge in [-0.15, -0.1) is 11.8 Å². The summed E-state index contributed by atoms with van der Waals surface area (Å²) in [5.74, 6) is -0.126. The quantitative estimate of drug-likeness (QED) is 0.930. The number of carbonyl (C=O) groups is 2. The minimum absolute atomic E-state index is 0.290. The van der Waals surface area contributed by atoms with E-state index in [1.54, 1.807) is 13.1 Å². The molecule has 0 radical (unpaired) electrons. The van der Waals surface area contributed by atoms with Gasteiger partial charge >= 0.3 is 12.0 Å². The van der Waals surface area contributed by atoms with Gasteiger partial charge in [-0.25, -0.2) is 9.59 Å². The largest absolute Gasteiger partial charge is 0.480 e. The normalized spacial score (nSPS) is 18.1. The van der Waals surface area contributed by atoms with E-state index in [1.165, 1.54) is 21.6 Å². The Morgan fingerprint density at radius 2 is 2.20 bits per heavy atom. The molecule has 1 heterocycles. The second kappa shape index (κ2) is 6.37. The first-order chi connectivity index (χ1) is 9.50. The second-order valence-corrected chi connectivity index (χ2v) is 5.96. The number of halogens is 1. The molecule has 7 heteroatoms. The van der Waals surface area contributed by atoms with Crippen molar-refractivity contribution in [2.75, 3.05) is 18.7 Å². The zero-order valence-corrected chi connectivity index (χ0v) is 12.5. The van der Waals surface area contributed by atoms with E-state index in [0.717, 1.165) is 5.56 Å². The molecule has 0 spiro atoms. The number of carboxylic acid groups (broad SMARTS) is 1. The van der Waals surface area contributed by atoms with Gasteiger partial charge in [-0.3, -0.25) is 0 Å². The van der Waals surface area contributed by atoms with Crippen molar-refractivity contribution in [1.29, 1.82) is 0 Å². The van der Waals surface area contributed by atoms with Gasteiger partial charge in [0, 0.05) is 24.4 Å². The lowest BCUT2D eigenvalue weighted by Gasteiger charge is -2.27. The maximum Gasteiger partial charge on any atom is 0.327 e. The van der Waals surface area contributed by atoms with Crippen LogP contribution in [0.2, 0.25) is 5.02 Å². The molecule has 2 amide bonds. The second-order valence-electron chi connectivity index (χ2n) is 4.55. The van der Waals surface area contributed by atoms with Gasteiger partial charge in [-0.05, 0) is 11.6 Å². The fourth-order valence-electron chi connectivity index (χ4n) is 2.00. The standard InChI is InChI=1S/C13H15ClN2O3S/c1-15(6-9-4-2-3-5-10(9)14)13(19)16-8-20-7-11(16)12(17)18/h2-5,11H,6-8H2,1H3,(H,17,18)/t11-/m0/s1. The summed E-state index contributed by atoms with van der Waals surface area (Å²) in [5, 5.41) is 9.70. The molecule has 1 aliphatic heterocycles. The highest BCUT2D eigenvalue weighted by molar-refractivity contribution is 7.99. The summed E-state index contributed by atoms with van der Waals surface area (Å²) in [4.78, 5) is 26.3. The van der Waals surface area contributed by atoms with Gasteiger partial charge < -0.3 is 14.9 Å². The first-order valence-corrected chi connectivity index (χ1v) is 7.59. The van der Waals surface area contributed by atoms with Gasteiger partial charge in [0.15, 0.2) is 0 Å². The van der Waals surface area contributed by atoms with Gasteiger partial charge in [0.05, 0.1) is 5.88 Å². The summed E-state index contributed by atoms with van der Waals surface area (Å²) in [6, 6.07) is 6.25. The van der Waals surface area contributed by atoms with Crippen molar-refractivity contribution in [3.05, 3.63) is 34.9 Å². The Kier molecular flexibility index (Phi) is 4.77. The smallest absolute Gasteiger partial charge is 0.327 e. The highest BCUT2D eigenvalue weighted by Gasteiger charge is 2.35. The lowest BCUT2D eigenvalue weighted by atomic mass is 10.2. The van der Waals surface area contributed by atoms with E-state index in [1.807, 2.05) is 18.2 Å². The van der Waals surface area contributed by atoms with Crippen molar-refractivity contribution in [1.82, 2.24) is 9.80 Å². The molecule has 0 saturated carbocycles. The van der Waals surface area contributed by atoms with Crippen LogP contribution in [0.25, 0.3) is 0 Å². The number of amides is 2. The lowest BCUT2D eigenvalue weighted by molar-refractivity contribution is -0.140. The van der Waals surface area contributed by atoms with Gasteiger partial charge in [0.25, 0.3) is 0 Å². The topological polar surface area (TPSA) is 60.9 Å². The molecule has 1 fully saturated rings. The molecule has 0 aliphatic carbocycles. The number of benzene rings is 1. The Bertz CT molecular complexity index is 526. The van der Waals surface area contributed by atoms with E-state index >= 15 is 0 Å². The minimum atomic E-state index is -0.963. The maximum absolute atomic E-state index is 12.3. The maximum atomic E-state index is 12.3. The van der Waals surface area contributed by atoms with E-state index in [9.17, 15) is 9.59 Å². The molecule has 0 bridgehead atoms. The summed E-state index contributed by atoms with van der Waals surface area (Å²) in [6.45, 7) is 0.353. The van der Waals surface area contributed by atoms with E-state index in [0.29, 0.717) is 23.2 Å². The van der Waals surface area contributed by atoms with Crippen LogP contribution in [0.5, 0.6) is 0 Å². The molecule has 1 aromatic carbocycles. The molecule has 2 rings (SSSR count). The lowest BCUT2D eigenvalue weighted by Crippen LogP contribution is -2.47. The van der Waals surface area contributed by atoms with E-state index < -0.39 is 12.0 Å². The van der Waals surface area contributed by atoms with Gasteiger partial charge in [0.2, 0.25) is 0 Å². The Balaban J connectivity index is 2.05. The van der Waals surface area contributed by atoms with Crippen LogP contribution in [-0.2, 0) is 11.3 Å². The zero-order chi connectivity index (χ0) is 14.7. The summed E-state index contributed by atoms with van der Waals surface area (Å²) in [5.41, 5.74) is 0.837. The van der Waals surface area contributed by atoms with Crippen molar-refractivity contribution in [3.8, 4) is 0 Å². The molecule has 1 aromatic rings. The minimum Gasteiger partial charge on any atom is -0.480 e. The predicted molar refractivity (Wildman–Crippen MR) is 78.9 cm³/mol. The highest BCUT2D eigenvalue weighted by Crippen LogP contribution is 2.23.